The Bertz CT molecular complexity index is 604. The van der Waals surface area contributed by atoms with E-state index < -0.39 is 0 Å². The van der Waals surface area contributed by atoms with Crippen LogP contribution in [0.3, 0.4) is 0 Å². The monoisotopic (exact) mass is 432 g/mol. The first kappa shape index (κ1) is 27.2. The van der Waals surface area contributed by atoms with Crippen LogP contribution in [0.2, 0.25) is 0 Å². The summed E-state index contributed by atoms with van der Waals surface area (Å²) in [5, 5.41) is 0. The van der Waals surface area contributed by atoms with Gasteiger partial charge in [-0.15, -0.1) is 0 Å². The minimum atomic E-state index is -0.334. The zero-order chi connectivity index (χ0) is 22.9. The van der Waals surface area contributed by atoms with Crippen LogP contribution in [0.5, 0.6) is 0 Å². The van der Waals surface area contributed by atoms with Crippen LogP contribution < -0.4 is 0 Å². The molecule has 4 nitrogen and oxygen atoms in total. The molecule has 0 radical (unpaired) electrons. The number of carbonyl (C=O) groups is 2. The van der Waals surface area contributed by atoms with Crippen LogP contribution in [0.25, 0.3) is 0 Å². The van der Waals surface area contributed by atoms with Gasteiger partial charge in [0.15, 0.2) is 0 Å². The molecule has 0 atom stereocenters. The lowest BCUT2D eigenvalue weighted by molar-refractivity contribution is 0.0483. The molecule has 1 aromatic rings. The van der Waals surface area contributed by atoms with E-state index in [-0.39, 0.29) is 11.9 Å². The molecule has 176 valence electrons. The summed E-state index contributed by atoms with van der Waals surface area (Å²) < 4.78 is 10.7. The average Bonchev–Trinajstić information content (AvgIpc) is 2.74. The Morgan fingerprint density at radius 3 is 1.26 bits per heavy atom. The van der Waals surface area contributed by atoms with Crippen molar-refractivity contribution < 1.29 is 19.1 Å². The van der Waals surface area contributed by atoms with Crippen molar-refractivity contribution in [3.05, 3.63) is 35.4 Å². The Balaban J connectivity index is 2.16. The van der Waals surface area contributed by atoms with Gasteiger partial charge in [-0.2, -0.15) is 0 Å². The molecule has 0 saturated carbocycles. The summed E-state index contributed by atoms with van der Waals surface area (Å²) >= 11 is 0. The molecule has 0 aromatic heterocycles. The minimum Gasteiger partial charge on any atom is -0.462 e. The van der Waals surface area contributed by atoms with Crippen LogP contribution in [-0.4, -0.2) is 25.2 Å². The number of hydrogen-bond donors (Lipinski definition) is 0. The molecule has 31 heavy (non-hydrogen) atoms. The molecule has 0 amide bonds. The maximum Gasteiger partial charge on any atom is 0.338 e. The number of esters is 2. The molecule has 0 unspecified atom stereocenters. The van der Waals surface area contributed by atoms with E-state index in [0.717, 1.165) is 37.5 Å². The predicted molar refractivity (Wildman–Crippen MR) is 127 cm³/mol. The third-order valence-corrected chi connectivity index (χ3v) is 5.42. The Hall–Kier alpha value is -1.84. The molecule has 1 rings (SSSR count). The minimum absolute atomic E-state index is 0.332. The number of hydrogen-bond acceptors (Lipinski definition) is 4. The van der Waals surface area contributed by atoms with Gasteiger partial charge in [-0.3, -0.25) is 0 Å². The highest BCUT2D eigenvalue weighted by Crippen LogP contribution is 2.12. The van der Waals surface area contributed by atoms with Crippen molar-refractivity contribution in [2.45, 2.75) is 98.3 Å². The molecular weight excluding hydrogens is 388 g/mol. The number of rotatable bonds is 17. The number of benzene rings is 1. The summed E-state index contributed by atoms with van der Waals surface area (Å²) in [5.74, 6) is 0.863. The Morgan fingerprint density at radius 2 is 0.903 bits per heavy atom. The molecule has 0 aliphatic carbocycles. The highest BCUT2D eigenvalue weighted by molar-refractivity contribution is 5.93. The quantitative estimate of drug-likeness (QED) is 0.188. The van der Waals surface area contributed by atoms with Gasteiger partial charge in [0.05, 0.1) is 24.3 Å². The molecule has 0 spiro atoms. The van der Waals surface area contributed by atoms with E-state index in [9.17, 15) is 9.59 Å². The lowest BCUT2D eigenvalue weighted by Crippen LogP contribution is -2.09. The normalized spacial score (nSPS) is 11.2. The van der Waals surface area contributed by atoms with Crippen molar-refractivity contribution >= 4 is 11.9 Å². The standard InChI is InChI=1S/C27H44O4/c1-22(2)14-10-6-5-8-12-20-30-26(28)24-16-18-25(19-17-24)27(29)31-21-13-9-7-11-15-23(3)4/h16-19,22-23H,5-15,20-21H2,1-4H3. The van der Waals surface area contributed by atoms with E-state index in [1.807, 2.05) is 0 Å². The third-order valence-electron chi connectivity index (χ3n) is 5.42. The Kier molecular flexibility index (Phi) is 14.7. The van der Waals surface area contributed by atoms with Crippen LogP contribution in [0, 0.1) is 11.8 Å². The number of carbonyl (C=O) groups excluding carboxylic acids is 2. The lowest BCUT2D eigenvalue weighted by atomic mass is 10.0. The van der Waals surface area contributed by atoms with Crippen molar-refractivity contribution in [3.63, 3.8) is 0 Å². The Morgan fingerprint density at radius 1 is 0.581 bits per heavy atom. The molecule has 0 aliphatic rings. The molecule has 1 aromatic carbocycles. The summed E-state index contributed by atoms with van der Waals surface area (Å²) in [4.78, 5) is 24.3. The second-order valence-electron chi connectivity index (χ2n) is 9.40. The molecular formula is C27H44O4. The summed E-state index contributed by atoms with van der Waals surface area (Å²) in [5.41, 5.74) is 0.941. The van der Waals surface area contributed by atoms with Crippen LogP contribution in [0.15, 0.2) is 24.3 Å². The first-order valence-electron chi connectivity index (χ1n) is 12.3. The summed E-state index contributed by atoms with van der Waals surface area (Å²) in [6.45, 7) is 9.89. The van der Waals surface area contributed by atoms with Crippen molar-refractivity contribution in [1.82, 2.24) is 0 Å². The third kappa shape index (κ3) is 14.0. The van der Waals surface area contributed by atoms with Gasteiger partial charge in [0.1, 0.15) is 0 Å². The van der Waals surface area contributed by atoms with Crippen LogP contribution in [0.1, 0.15) is 119 Å². The number of unbranched alkanes of at least 4 members (excludes halogenated alkanes) is 7. The zero-order valence-electron chi connectivity index (χ0n) is 20.3. The molecule has 0 fully saturated rings. The van der Waals surface area contributed by atoms with E-state index in [4.69, 9.17) is 9.47 Å². The molecule has 0 aliphatic heterocycles. The van der Waals surface area contributed by atoms with Gasteiger partial charge in [-0.05, 0) is 48.9 Å². The second kappa shape index (κ2) is 16.8. The maximum absolute atomic E-state index is 12.1. The van der Waals surface area contributed by atoms with Gasteiger partial charge in [0, 0.05) is 0 Å². The van der Waals surface area contributed by atoms with Crippen LogP contribution in [-0.2, 0) is 9.47 Å². The topological polar surface area (TPSA) is 52.6 Å². The molecule has 0 N–H and O–H groups in total. The van der Waals surface area contributed by atoms with Gasteiger partial charge in [-0.1, -0.05) is 85.5 Å². The molecule has 0 bridgehead atoms. The first-order chi connectivity index (χ1) is 14.9. The van der Waals surface area contributed by atoms with Gasteiger partial charge >= 0.3 is 11.9 Å². The fourth-order valence-electron chi connectivity index (χ4n) is 3.43. The average molecular weight is 433 g/mol. The number of ether oxygens (including phenoxy) is 2. The molecule has 0 heterocycles. The highest BCUT2D eigenvalue weighted by atomic mass is 16.5. The van der Waals surface area contributed by atoms with Gasteiger partial charge in [0.25, 0.3) is 0 Å². The second-order valence-corrected chi connectivity index (χ2v) is 9.40. The Labute approximate surface area is 190 Å². The van der Waals surface area contributed by atoms with E-state index >= 15 is 0 Å². The van der Waals surface area contributed by atoms with Crippen LogP contribution >= 0.6 is 0 Å². The largest absolute Gasteiger partial charge is 0.462 e. The summed E-state index contributed by atoms with van der Waals surface area (Å²) in [6, 6.07) is 6.54. The van der Waals surface area contributed by atoms with Gasteiger partial charge in [-0.25, -0.2) is 9.59 Å². The first-order valence-corrected chi connectivity index (χ1v) is 12.3. The summed E-state index contributed by atoms with van der Waals surface area (Å²) in [7, 11) is 0. The van der Waals surface area contributed by atoms with Crippen molar-refractivity contribution in [2.75, 3.05) is 13.2 Å². The highest BCUT2D eigenvalue weighted by Gasteiger charge is 2.11. The predicted octanol–water partition coefficient (Wildman–Crippen LogP) is 7.60. The van der Waals surface area contributed by atoms with E-state index in [2.05, 4.69) is 27.7 Å². The smallest absolute Gasteiger partial charge is 0.338 e. The van der Waals surface area contributed by atoms with E-state index in [0.29, 0.717) is 24.3 Å². The van der Waals surface area contributed by atoms with E-state index in [1.54, 1.807) is 24.3 Å². The van der Waals surface area contributed by atoms with Crippen molar-refractivity contribution in [1.29, 1.82) is 0 Å². The van der Waals surface area contributed by atoms with Crippen LogP contribution in [0.4, 0.5) is 0 Å². The fourth-order valence-corrected chi connectivity index (χ4v) is 3.43. The van der Waals surface area contributed by atoms with Gasteiger partial charge < -0.3 is 9.47 Å². The maximum atomic E-state index is 12.1. The fraction of sp³-hybridized carbons (Fsp3) is 0.704. The van der Waals surface area contributed by atoms with E-state index in [1.165, 1.54) is 44.9 Å². The summed E-state index contributed by atoms with van der Waals surface area (Å²) in [6.07, 6.45) is 12.7. The SMILES string of the molecule is CC(C)CCCCCCCOC(=O)c1ccc(C(=O)OCCCCCCC(C)C)cc1. The van der Waals surface area contributed by atoms with Gasteiger partial charge in [0.2, 0.25) is 0 Å². The van der Waals surface area contributed by atoms with Crippen molar-refractivity contribution in [2.24, 2.45) is 11.8 Å². The van der Waals surface area contributed by atoms with Crippen molar-refractivity contribution in [3.8, 4) is 0 Å². The molecule has 0 saturated heterocycles. The lowest BCUT2D eigenvalue weighted by Gasteiger charge is -2.08. The molecule has 4 heteroatoms. The zero-order valence-corrected chi connectivity index (χ0v) is 20.3.